The predicted molar refractivity (Wildman–Crippen MR) is 105 cm³/mol. The van der Waals surface area contributed by atoms with Crippen molar-refractivity contribution in [1.82, 2.24) is 4.57 Å². The summed E-state index contributed by atoms with van der Waals surface area (Å²) in [5.41, 5.74) is 1.77. The molecule has 0 spiro atoms. The SMILES string of the molecule is Cn1cc(-c2cc(S(C)=O)ccc2OCC2CC2)c2ccccc2c1=O. The minimum absolute atomic E-state index is 0.0278. The van der Waals surface area contributed by atoms with E-state index in [0.717, 1.165) is 27.2 Å². The number of ether oxygens (including phenoxy) is 1. The maximum Gasteiger partial charge on any atom is 0.258 e. The van der Waals surface area contributed by atoms with Gasteiger partial charge in [0.05, 0.1) is 6.61 Å². The summed E-state index contributed by atoms with van der Waals surface area (Å²) in [5, 5.41) is 1.55. The Kier molecular flexibility index (Phi) is 4.41. The van der Waals surface area contributed by atoms with Gasteiger partial charge in [0.2, 0.25) is 0 Å². The van der Waals surface area contributed by atoms with E-state index in [9.17, 15) is 9.00 Å². The fourth-order valence-corrected chi connectivity index (χ4v) is 3.69. The molecule has 1 aliphatic rings. The third-order valence-corrected chi connectivity index (χ3v) is 5.75. The molecule has 4 nitrogen and oxygen atoms in total. The lowest BCUT2D eigenvalue weighted by Crippen LogP contribution is -2.16. The quantitative estimate of drug-likeness (QED) is 0.690. The molecular weight excluding hydrogens is 346 g/mol. The maximum absolute atomic E-state index is 12.5. The number of fused-ring (bicyclic) bond motifs is 1. The lowest BCUT2D eigenvalue weighted by molar-refractivity contribution is 0.301. The van der Waals surface area contributed by atoms with E-state index in [2.05, 4.69) is 0 Å². The second-order valence-electron chi connectivity index (χ2n) is 6.87. The highest BCUT2D eigenvalue weighted by molar-refractivity contribution is 7.84. The van der Waals surface area contributed by atoms with Gasteiger partial charge in [-0.15, -0.1) is 0 Å². The molecule has 1 heterocycles. The zero-order valence-electron chi connectivity index (χ0n) is 14.9. The molecule has 5 heteroatoms. The average molecular weight is 367 g/mol. The van der Waals surface area contributed by atoms with Crippen molar-refractivity contribution in [3.63, 3.8) is 0 Å². The van der Waals surface area contributed by atoms with E-state index in [1.165, 1.54) is 12.8 Å². The van der Waals surface area contributed by atoms with Gasteiger partial charge in [-0.3, -0.25) is 9.00 Å². The van der Waals surface area contributed by atoms with E-state index in [1.54, 1.807) is 17.9 Å². The minimum Gasteiger partial charge on any atom is -0.493 e. The molecule has 1 aromatic heterocycles. The Morgan fingerprint density at radius 2 is 1.85 bits per heavy atom. The molecule has 0 N–H and O–H groups in total. The van der Waals surface area contributed by atoms with E-state index < -0.39 is 10.8 Å². The maximum atomic E-state index is 12.5. The van der Waals surface area contributed by atoms with Crippen molar-refractivity contribution < 1.29 is 8.95 Å². The fraction of sp³-hybridized carbons (Fsp3) is 0.286. The van der Waals surface area contributed by atoms with Crippen LogP contribution in [0.2, 0.25) is 0 Å². The smallest absolute Gasteiger partial charge is 0.258 e. The van der Waals surface area contributed by atoms with Crippen LogP contribution in [0.5, 0.6) is 5.75 Å². The van der Waals surface area contributed by atoms with E-state index in [0.29, 0.717) is 17.9 Å². The van der Waals surface area contributed by atoms with Crippen molar-refractivity contribution in [2.45, 2.75) is 17.7 Å². The van der Waals surface area contributed by atoms with Gasteiger partial charge in [0.25, 0.3) is 5.56 Å². The van der Waals surface area contributed by atoms with Crippen molar-refractivity contribution in [3.05, 3.63) is 59.0 Å². The van der Waals surface area contributed by atoms with Crippen LogP contribution in [0, 0.1) is 5.92 Å². The van der Waals surface area contributed by atoms with E-state index in [4.69, 9.17) is 4.74 Å². The van der Waals surface area contributed by atoms with Gasteiger partial charge in [-0.05, 0) is 48.4 Å². The van der Waals surface area contributed by atoms with Gasteiger partial charge in [0, 0.05) is 51.7 Å². The highest BCUT2D eigenvalue weighted by atomic mass is 32.2. The lowest BCUT2D eigenvalue weighted by atomic mass is 10.00. The Bertz CT molecular complexity index is 1070. The van der Waals surface area contributed by atoms with Crippen LogP contribution in [0.25, 0.3) is 21.9 Å². The number of benzene rings is 2. The fourth-order valence-electron chi connectivity index (χ4n) is 3.15. The van der Waals surface area contributed by atoms with Gasteiger partial charge in [-0.2, -0.15) is 0 Å². The number of hydrogen-bond acceptors (Lipinski definition) is 3. The summed E-state index contributed by atoms with van der Waals surface area (Å²) in [6, 6.07) is 13.3. The summed E-state index contributed by atoms with van der Waals surface area (Å²) in [6.07, 6.45) is 5.94. The first-order valence-corrected chi connectivity index (χ1v) is 10.3. The molecule has 0 amide bonds. The van der Waals surface area contributed by atoms with Gasteiger partial charge in [-0.1, -0.05) is 18.2 Å². The number of nitrogens with zero attached hydrogens (tertiary/aromatic N) is 1. The van der Waals surface area contributed by atoms with Crippen LogP contribution in [0.3, 0.4) is 0 Å². The van der Waals surface area contributed by atoms with E-state index >= 15 is 0 Å². The molecule has 1 fully saturated rings. The third-order valence-electron chi connectivity index (χ3n) is 4.84. The Hall–Kier alpha value is -2.40. The van der Waals surface area contributed by atoms with E-state index in [1.807, 2.05) is 48.7 Å². The van der Waals surface area contributed by atoms with Crippen molar-refractivity contribution in [1.29, 1.82) is 0 Å². The summed E-state index contributed by atoms with van der Waals surface area (Å²) >= 11 is 0. The highest BCUT2D eigenvalue weighted by Crippen LogP contribution is 2.37. The van der Waals surface area contributed by atoms with Crippen LogP contribution in [0.1, 0.15) is 12.8 Å². The molecule has 0 aliphatic heterocycles. The molecule has 26 heavy (non-hydrogen) atoms. The van der Waals surface area contributed by atoms with Crippen LogP contribution >= 0.6 is 0 Å². The number of rotatable bonds is 5. The summed E-state index contributed by atoms with van der Waals surface area (Å²) in [7, 11) is 0.666. The van der Waals surface area contributed by atoms with Gasteiger partial charge in [0.1, 0.15) is 5.75 Å². The van der Waals surface area contributed by atoms with Gasteiger partial charge >= 0.3 is 0 Å². The predicted octanol–water partition coefficient (Wildman–Crippen LogP) is 3.73. The monoisotopic (exact) mass is 367 g/mol. The van der Waals surface area contributed by atoms with Crippen molar-refractivity contribution in [2.75, 3.05) is 12.9 Å². The van der Waals surface area contributed by atoms with Gasteiger partial charge < -0.3 is 9.30 Å². The van der Waals surface area contributed by atoms with Crippen molar-refractivity contribution in [3.8, 4) is 16.9 Å². The molecule has 134 valence electrons. The van der Waals surface area contributed by atoms with Crippen molar-refractivity contribution in [2.24, 2.45) is 13.0 Å². The van der Waals surface area contributed by atoms with Crippen molar-refractivity contribution >= 4 is 21.6 Å². The molecule has 1 atom stereocenters. The third kappa shape index (κ3) is 3.19. The molecule has 4 rings (SSSR count). The van der Waals surface area contributed by atoms with Crippen LogP contribution in [0.15, 0.2) is 58.4 Å². The minimum atomic E-state index is -1.09. The molecule has 3 aromatic rings. The normalized spacial score (nSPS) is 15.2. The molecule has 1 aliphatic carbocycles. The largest absolute Gasteiger partial charge is 0.493 e. The summed E-state index contributed by atoms with van der Waals surface area (Å²) in [5.74, 6) is 1.41. The first kappa shape index (κ1) is 17.0. The zero-order valence-corrected chi connectivity index (χ0v) is 15.7. The Labute approximate surface area is 154 Å². The molecular formula is C21H21NO3S. The molecule has 0 radical (unpaired) electrons. The topological polar surface area (TPSA) is 48.3 Å². The average Bonchev–Trinajstić information content (AvgIpc) is 3.47. The number of aryl methyl sites for hydroxylation is 1. The van der Waals surface area contributed by atoms with Gasteiger partial charge in [0.15, 0.2) is 0 Å². The second-order valence-corrected chi connectivity index (χ2v) is 8.25. The number of pyridine rings is 1. The Morgan fingerprint density at radius 3 is 2.54 bits per heavy atom. The van der Waals surface area contributed by atoms with E-state index in [-0.39, 0.29) is 5.56 Å². The Morgan fingerprint density at radius 1 is 1.12 bits per heavy atom. The summed E-state index contributed by atoms with van der Waals surface area (Å²) in [6.45, 7) is 0.700. The molecule has 1 unspecified atom stereocenters. The van der Waals surface area contributed by atoms with Gasteiger partial charge in [-0.25, -0.2) is 0 Å². The molecule has 0 bridgehead atoms. The summed E-state index contributed by atoms with van der Waals surface area (Å²) in [4.78, 5) is 13.2. The number of aromatic nitrogens is 1. The molecule has 2 aromatic carbocycles. The zero-order chi connectivity index (χ0) is 18.3. The van der Waals surface area contributed by atoms with Crippen LogP contribution < -0.4 is 10.3 Å². The molecule has 0 saturated heterocycles. The number of hydrogen-bond donors (Lipinski definition) is 0. The first-order chi connectivity index (χ1) is 12.5. The lowest BCUT2D eigenvalue weighted by Gasteiger charge is -2.15. The second kappa shape index (κ2) is 6.72. The highest BCUT2D eigenvalue weighted by Gasteiger charge is 2.23. The summed E-state index contributed by atoms with van der Waals surface area (Å²) < 4.78 is 19.7. The first-order valence-electron chi connectivity index (χ1n) is 8.73. The Balaban J connectivity index is 1.94. The van der Waals surface area contributed by atoms with Crippen LogP contribution in [-0.2, 0) is 17.8 Å². The standard InChI is InChI=1S/C21H21NO3S/c1-22-12-19(16-5-3-4-6-17(16)21(22)23)18-11-15(26(2)24)9-10-20(18)25-13-14-7-8-14/h3-6,9-12,14H,7-8,13H2,1-2H3. The van der Waals surface area contributed by atoms with Crippen LogP contribution in [-0.4, -0.2) is 21.6 Å². The molecule has 1 saturated carbocycles. The van der Waals surface area contributed by atoms with Crippen LogP contribution in [0.4, 0.5) is 0 Å².